The zero-order valence-corrected chi connectivity index (χ0v) is 29.3. The van der Waals surface area contributed by atoms with Gasteiger partial charge in [0.25, 0.3) is 0 Å². The minimum absolute atomic E-state index is 0.149. The molecule has 1 atom stereocenters. The molecular weight excluding hydrogens is 649 g/mol. The molecule has 1 N–H and O–H groups in total. The summed E-state index contributed by atoms with van der Waals surface area (Å²) in [7, 11) is 0. The van der Waals surface area contributed by atoms with Crippen molar-refractivity contribution < 1.29 is 4.42 Å². The fourth-order valence-corrected chi connectivity index (χ4v) is 8.74. The second-order valence-corrected chi connectivity index (χ2v) is 14.6. The molecule has 0 saturated heterocycles. The van der Waals surface area contributed by atoms with Crippen LogP contribution in [0.25, 0.3) is 60.6 Å². The Labute approximate surface area is 306 Å². The SMILES string of the molecule is CC1(C)c2ccccc2-c2ccc3c4ccccc4n(-c4ccc(C5=NC(c6ccc7c(c6)oc6ccccc67)NC(c6ccccc6)=N5)cc4)c3c21. The average molecular weight is 683 g/mol. The summed E-state index contributed by atoms with van der Waals surface area (Å²) in [6.07, 6.45) is -0.348. The molecule has 0 radical (unpaired) electrons. The quantitative estimate of drug-likeness (QED) is 0.201. The van der Waals surface area contributed by atoms with Crippen molar-refractivity contribution >= 4 is 55.4 Å². The van der Waals surface area contributed by atoms with Gasteiger partial charge in [0, 0.05) is 49.3 Å². The fourth-order valence-electron chi connectivity index (χ4n) is 8.74. The number of furan rings is 1. The van der Waals surface area contributed by atoms with Gasteiger partial charge in [-0.25, -0.2) is 9.98 Å². The largest absolute Gasteiger partial charge is 0.456 e. The van der Waals surface area contributed by atoms with Crippen molar-refractivity contribution in [3.63, 3.8) is 0 Å². The summed E-state index contributed by atoms with van der Waals surface area (Å²) >= 11 is 0. The van der Waals surface area contributed by atoms with Crippen molar-refractivity contribution in [2.45, 2.75) is 25.4 Å². The lowest BCUT2D eigenvalue weighted by Gasteiger charge is -2.24. The number of aromatic nitrogens is 1. The van der Waals surface area contributed by atoms with Crippen molar-refractivity contribution in [3.8, 4) is 16.8 Å². The van der Waals surface area contributed by atoms with Gasteiger partial charge in [-0.15, -0.1) is 0 Å². The molecule has 0 fully saturated rings. The first-order valence-electron chi connectivity index (χ1n) is 18.2. The predicted octanol–water partition coefficient (Wildman–Crippen LogP) is 11.5. The molecule has 1 aliphatic heterocycles. The number of hydrogen-bond donors (Lipinski definition) is 1. The van der Waals surface area contributed by atoms with Gasteiger partial charge >= 0.3 is 0 Å². The Morgan fingerprint density at radius 3 is 2.19 bits per heavy atom. The number of rotatable bonds is 4. The lowest BCUT2D eigenvalue weighted by Crippen LogP contribution is -2.33. The van der Waals surface area contributed by atoms with Gasteiger partial charge in [-0.1, -0.05) is 129 Å². The van der Waals surface area contributed by atoms with Gasteiger partial charge in [0.05, 0.1) is 11.0 Å². The molecule has 9 aromatic rings. The summed E-state index contributed by atoms with van der Waals surface area (Å²) in [6.45, 7) is 4.73. The second kappa shape index (κ2) is 11.1. The third-order valence-electron chi connectivity index (χ3n) is 11.2. The van der Waals surface area contributed by atoms with E-state index in [1.165, 1.54) is 44.1 Å². The van der Waals surface area contributed by atoms with Crippen molar-refractivity contribution in [2.24, 2.45) is 9.98 Å². The van der Waals surface area contributed by atoms with Gasteiger partial charge < -0.3 is 14.3 Å². The van der Waals surface area contributed by atoms with Crippen molar-refractivity contribution in [3.05, 3.63) is 186 Å². The Bertz CT molecular complexity index is 3000. The summed E-state index contributed by atoms with van der Waals surface area (Å²) in [5.41, 5.74) is 13.5. The molecule has 5 nitrogen and oxygen atoms in total. The van der Waals surface area contributed by atoms with Crippen LogP contribution < -0.4 is 5.32 Å². The first-order valence-corrected chi connectivity index (χ1v) is 18.2. The molecule has 5 heteroatoms. The molecule has 0 spiro atoms. The molecular formula is C48H34N4O. The van der Waals surface area contributed by atoms with E-state index in [0.717, 1.165) is 50.2 Å². The van der Waals surface area contributed by atoms with Crippen LogP contribution in [0.2, 0.25) is 0 Å². The maximum absolute atomic E-state index is 6.27. The second-order valence-electron chi connectivity index (χ2n) is 14.6. The molecule has 3 heterocycles. The number of benzene rings is 7. The van der Waals surface area contributed by atoms with Gasteiger partial charge in [0.2, 0.25) is 0 Å². The summed E-state index contributed by atoms with van der Waals surface area (Å²) in [4.78, 5) is 10.3. The van der Waals surface area contributed by atoms with Crippen LogP contribution in [0.15, 0.2) is 172 Å². The lowest BCUT2D eigenvalue weighted by atomic mass is 9.81. The van der Waals surface area contributed by atoms with Crippen LogP contribution in [0.5, 0.6) is 0 Å². The minimum Gasteiger partial charge on any atom is -0.456 e. The normalized spacial score (nSPS) is 16.1. The molecule has 252 valence electrons. The van der Waals surface area contributed by atoms with E-state index in [1.54, 1.807) is 0 Å². The van der Waals surface area contributed by atoms with E-state index in [2.05, 4.69) is 145 Å². The Morgan fingerprint density at radius 1 is 0.604 bits per heavy atom. The van der Waals surface area contributed by atoms with Crippen molar-refractivity contribution in [1.29, 1.82) is 0 Å². The van der Waals surface area contributed by atoms with Crippen LogP contribution in [-0.2, 0) is 5.41 Å². The van der Waals surface area contributed by atoms with E-state index in [4.69, 9.17) is 14.4 Å². The third kappa shape index (κ3) is 4.44. The molecule has 11 rings (SSSR count). The third-order valence-corrected chi connectivity index (χ3v) is 11.2. The van der Waals surface area contributed by atoms with Crippen molar-refractivity contribution in [2.75, 3.05) is 0 Å². The number of hydrogen-bond acceptors (Lipinski definition) is 4. The Morgan fingerprint density at radius 2 is 1.32 bits per heavy atom. The number of nitrogens with zero attached hydrogens (tertiary/aromatic N) is 3. The Balaban J connectivity index is 1.05. The lowest BCUT2D eigenvalue weighted by molar-refractivity contribution is 0.655. The maximum atomic E-state index is 6.27. The van der Waals surface area contributed by atoms with Crippen LogP contribution in [-0.4, -0.2) is 16.2 Å². The first-order chi connectivity index (χ1) is 26.0. The summed E-state index contributed by atoms with van der Waals surface area (Å²) in [6, 6.07) is 55.8. The van der Waals surface area contributed by atoms with E-state index in [-0.39, 0.29) is 11.6 Å². The molecule has 53 heavy (non-hydrogen) atoms. The van der Waals surface area contributed by atoms with E-state index in [9.17, 15) is 0 Å². The molecule has 0 bridgehead atoms. The number of amidine groups is 2. The van der Waals surface area contributed by atoms with Gasteiger partial charge in [-0.3, -0.25) is 0 Å². The van der Waals surface area contributed by atoms with Gasteiger partial charge in [0.1, 0.15) is 23.2 Å². The molecule has 1 aliphatic carbocycles. The van der Waals surface area contributed by atoms with Crippen molar-refractivity contribution in [1.82, 2.24) is 9.88 Å². The highest BCUT2D eigenvalue weighted by Gasteiger charge is 2.38. The summed E-state index contributed by atoms with van der Waals surface area (Å²) in [5, 5.41) is 8.35. The average Bonchev–Trinajstić information content (AvgIpc) is 3.83. The van der Waals surface area contributed by atoms with Crippen LogP contribution >= 0.6 is 0 Å². The van der Waals surface area contributed by atoms with Gasteiger partial charge in [-0.05, 0) is 64.7 Å². The topological polar surface area (TPSA) is 54.8 Å². The maximum Gasteiger partial charge on any atom is 0.159 e. The minimum atomic E-state index is -0.348. The van der Waals surface area contributed by atoms with E-state index in [0.29, 0.717) is 5.84 Å². The van der Waals surface area contributed by atoms with Gasteiger partial charge in [-0.2, -0.15) is 0 Å². The Hall–Kier alpha value is -6.72. The highest BCUT2D eigenvalue weighted by molar-refractivity contribution is 6.15. The molecule has 2 aromatic heterocycles. The molecule has 2 aliphatic rings. The molecule has 0 amide bonds. The van der Waals surface area contributed by atoms with E-state index in [1.807, 2.05) is 36.4 Å². The number of para-hydroxylation sites is 2. The highest BCUT2D eigenvalue weighted by atomic mass is 16.3. The van der Waals surface area contributed by atoms with E-state index < -0.39 is 0 Å². The highest BCUT2D eigenvalue weighted by Crippen LogP contribution is 2.52. The fraction of sp³-hybridized carbons (Fsp3) is 0.0833. The monoisotopic (exact) mass is 682 g/mol. The summed E-state index contributed by atoms with van der Waals surface area (Å²) < 4.78 is 8.72. The van der Waals surface area contributed by atoms with Crippen LogP contribution in [0, 0.1) is 0 Å². The number of aliphatic imine (C=N–C) groups is 2. The van der Waals surface area contributed by atoms with Crippen LogP contribution in [0.3, 0.4) is 0 Å². The van der Waals surface area contributed by atoms with Crippen LogP contribution in [0.4, 0.5) is 0 Å². The first kappa shape index (κ1) is 30.0. The molecule has 1 unspecified atom stereocenters. The van der Waals surface area contributed by atoms with E-state index >= 15 is 0 Å². The van der Waals surface area contributed by atoms with Crippen LogP contribution in [0.1, 0.15) is 47.8 Å². The molecule has 7 aromatic carbocycles. The molecule has 0 saturated carbocycles. The number of fused-ring (bicyclic) bond motifs is 10. The predicted molar refractivity (Wildman–Crippen MR) is 217 cm³/mol. The number of nitrogens with one attached hydrogen (secondary N) is 1. The summed E-state index contributed by atoms with van der Waals surface area (Å²) in [5.74, 6) is 1.47. The standard InChI is InChI=1S/C48H34N4O/c1-48(2)39-17-9-6-14-33(39)37-26-27-38-34-15-7-10-18-40(34)52(44(38)43(37)48)32-23-20-30(21-24-32)46-49-45(29-12-4-3-5-13-29)50-47(51-46)31-22-25-36-35-16-8-11-19-41(35)53-42(36)28-31/h3-28,47H,1-2H3,(H,49,50,51). The van der Waals surface area contributed by atoms with Gasteiger partial charge in [0.15, 0.2) is 5.84 Å². The smallest absolute Gasteiger partial charge is 0.159 e. The Kier molecular flexibility index (Phi) is 6.30. The zero-order valence-electron chi connectivity index (χ0n) is 29.3. The zero-order chi connectivity index (χ0) is 35.3.